The number of aliphatic hydroxyl groups is 1. The van der Waals surface area contributed by atoms with Crippen LogP contribution >= 0.6 is 11.8 Å². The Morgan fingerprint density at radius 2 is 2.06 bits per heavy atom. The summed E-state index contributed by atoms with van der Waals surface area (Å²) in [6, 6.07) is 0. The van der Waals surface area contributed by atoms with Crippen molar-refractivity contribution in [2.75, 3.05) is 26.0 Å². The van der Waals surface area contributed by atoms with Gasteiger partial charge in [-0.2, -0.15) is 11.8 Å². The van der Waals surface area contributed by atoms with Gasteiger partial charge in [0.25, 0.3) is 0 Å². The summed E-state index contributed by atoms with van der Waals surface area (Å²) in [5, 5.41) is 13.0. The lowest BCUT2D eigenvalue weighted by atomic mass is 10.2. The van der Waals surface area contributed by atoms with E-state index in [1.807, 2.05) is 32.5 Å². The van der Waals surface area contributed by atoms with Crippen LogP contribution in [0.5, 0.6) is 0 Å². The number of hydrogen-bond donors (Lipinski definition) is 2. The molecule has 96 valence electrons. The number of nitrogens with one attached hydrogen (secondary N) is 1. The molecule has 0 spiro atoms. The average molecular weight is 247 g/mol. The Kier molecular flexibility index (Phi) is 5.10. The van der Waals surface area contributed by atoms with Gasteiger partial charge in [0.2, 0.25) is 0 Å². The third kappa shape index (κ3) is 5.53. The molecule has 16 heavy (non-hydrogen) atoms. The van der Waals surface area contributed by atoms with Crippen molar-refractivity contribution in [1.82, 2.24) is 5.32 Å². The summed E-state index contributed by atoms with van der Waals surface area (Å²) in [5.74, 6) is 0. The van der Waals surface area contributed by atoms with Crippen LogP contribution in [0, 0.1) is 0 Å². The predicted octanol–water partition coefficient (Wildman–Crippen LogP) is 1.65. The van der Waals surface area contributed by atoms with E-state index in [1.54, 1.807) is 0 Å². The van der Waals surface area contributed by atoms with Crippen molar-refractivity contribution in [3.05, 3.63) is 0 Å². The summed E-state index contributed by atoms with van der Waals surface area (Å²) in [5.41, 5.74) is -0.169. The smallest absolute Gasteiger partial charge is 0.0897 e. The van der Waals surface area contributed by atoms with Crippen LogP contribution in [0.3, 0.4) is 0 Å². The molecule has 0 amide bonds. The van der Waals surface area contributed by atoms with E-state index in [0.29, 0.717) is 17.9 Å². The topological polar surface area (TPSA) is 41.5 Å². The van der Waals surface area contributed by atoms with E-state index in [9.17, 15) is 5.11 Å². The van der Waals surface area contributed by atoms with Crippen LogP contribution in [0.25, 0.3) is 0 Å². The fourth-order valence-electron chi connectivity index (χ4n) is 1.46. The number of rotatable bonds is 7. The van der Waals surface area contributed by atoms with Crippen molar-refractivity contribution in [2.24, 2.45) is 0 Å². The molecule has 2 N–H and O–H groups in total. The van der Waals surface area contributed by atoms with Gasteiger partial charge in [-0.15, -0.1) is 0 Å². The van der Waals surface area contributed by atoms with Gasteiger partial charge in [-0.05, 0) is 39.9 Å². The number of hydrogen-bond acceptors (Lipinski definition) is 4. The maximum Gasteiger partial charge on any atom is 0.0897 e. The summed E-state index contributed by atoms with van der Waals surface area (Å²) >= 11 is 1.93. The Morgan fingerprint density at radius 3 is 2.50 bits per heavy atom. The molecule has 0 aromatic heterocycles. The molecule has 0 radical (unpaired) electrons. The van der Waals surface area contributed by atoms with Crippen molar-refractivity contribution >= 4 is 11.8 Å². The van der Waals surface area contributed by atoms with Crippen molar-refractivity contribution in [3.63, 3.8) is 0 Å². The van der Waals surface area contributed by atoms with Crippen molar-refractivity contribution in [1.29, 1.82) is 0 Å². The highest BCUT2D eigenvalue weighted by Gasteiger charge is 2.41. The molecule has 3 nitrogen and oxygen atoms in total. The molecule has 4 heteroatoms. The molecule has 1 aliphatic rings. The van der Waals surface area contributed by atoms with Gasteiger partial charge >= 0.3 is 0 Å². The zero-order valence-electron chi connectivity index (χ0n) is 10.9. The minimum Gasteiger partial charge on any atom is -0.389 e. The maximum atomic E-state index is 9.71. The quantitative estimate of drug-likeness (QED) is 0.718. The van der Waals surface area contributed by atoms with Crippen LogP contribution in [0.2, 0.25) is 0 Å². The Morgan fingerprint density at radius 1 is 1.44 bits per heavy atom. The predicted molar refractivity (Wildman–Crippen MR) is 70.1 cm³/mol. The largest absolute Gasteiger partial charge is 0.389 e. The second kappa shape index (κ2) is 5.71. The van der Waals surface area contributed by atoms with Crippen LogP contribution in [0.15, 0.2) is 0 Å². The number of aliphatic hydroxyl groups excluding tert-OH is 1. The lowest BCUT2D eigenvalue weighted by molar-refractivity contribution is -0.0478. The molecular formula is C12H25NO2S. The molecule has 0 aromatic rings. The second-order valence-corrected chi connectivity index (χ2v) is 6.87. The fraction of sp³-hybridized carbons (Fsp3) is 1.00. The molecule has 0 aromatic carbocycles. The van der Waals surface area contributed by atoms with E-state index in [0.717, 1.165) is 6.54 Å². The zero-order valence-corrected chi connectivity index (χ0v) is 11.7. The van der Waals surface area contributed by atoms with E-state index in [-0.39, 0.29) is 5.60 Å². The van der Waals surface area contributed by atoms with E-state index < -0.39 is 6.10 Å². The Hall–Kier alpha value is 0.230. The number of ether oxygens (including phenoxy) is 1. The van der Waals surface area contributed by atoms with Crippen LogP contribution in [0.4, 0.5) is 0 Å². The van der Waals surface area contributed by atoms with Gasteiger partial charge in [0.1, 0.15) is 0 Å². The molecule has 1 atom stereocenters. The minimum absolute atomic E-state index is 0.169. The third-order valence-electron chi connectivity index (χ3n) is 2.78. The van der Waals surface area contributed by atoms with Crippen molar-refractivity contribution < 1.29 is 9.84 Å². The highest BCUT2D eigenvalue weighted by atomic mass is 32.2. The Balaban J connectivity index is 2.04. The summed E-state index contributed by atoms with van der Waals surface area (Å²) in [7, 11) is 0. The van der Waals surface area contributed by atoms with Crippen LogP contribution in [-0.2, 0) is 4.74 Å². The highest BCUT2D eigenvalue weighted by Crippen LogP contribution is 2.46. The van der Waals surface area contributed by atoms with Crippen LogP contribution in [-0.4, -0.2) is 47.5 Å². The van der Waals surface area contributed by atoms with Gasteiger partial charge in [0, 0.05) is 17.8 Å². The van der Waals surface area contributed by atoms with Gasteiger partial charge in [-0.3, -0.25) is 0 Å². The SMILES string of the molecule is CSC1(CNCC(O)COC(C)(C)C)CC1. The summed E-state index contributed by atoms with van der Waals surface area (Å²) in [6.07, 6.45) is 4.36. The second-order valence-electron chi connectivity index (χ2n) is 5.60. The fourth-order valence-corrected chi connectivity index (χ4v) is 2.22. The summed E-state index contributed by atoms with van der Waals surface area (Å²) in [6.45, 7) is 8.03. The first-order chi connectivity index (χ1) is 7.37. The molecule has 0 bridgehead atoms. The summed E-state index contributed by atoms with van der Waals surface area (Å²) < 4.78 is 5.98. The molecule has 1 aliphatic carbocycles. The van der Waals surface area contributed by atoms with Crippen molar-refractivity contribution in [2.45, 2.75) is 50.1 Å². The first-order valence-electron chi connectivity index (χ1n) is 5.95. The standard InChI is InChI=1S/C12H25NO2S/c1-11(2,3)15-8-10(14)7-13-9-12(16-4)5-6-12/h10,13-14H,5-9H2,1-4H3. The van der Waals surface area contributed by atoms with E-state index in [1.165, 1.54) is 12.8 Å². The van der Waals surface area contributed by atoms with Crippen LogP contribution < -0.4 is 5.32 Å². The third-order valence-corrected chi connectivity index (χ3v) is 4.20. The van der Waals surface area contributed by atoms with E-state index in [2.05, 4.69) is 11.6 Å². The molecular weight excluding hydrogens is 222 g/mol. The molecule has 1 fully saturated rings. The lowest BCUT2D eigenvalue weighted by Gasteiger charge is -2.22. The van der Waals surface area contributed by atoms with E-state index in [4.69, 9.17) is 4.74 Å². The first kappa shape index (κ1) is 14.3. The maximum absolute atomic E-state index is 9.71. The molecule has 1 rings (SSSR count). The minimum atomic E-state index is -0.406. The monoisotopic (exact) mass is 247 g/mol. The first-order valence-corrected chi connectivity index (χ1v) is 7.17. The van der Waals surface area contributed by atoms with Gasteiger partial charge < -0.3 is 15.2 Å². The van der Waals surface area contributed by atoms with Gasteiger partial charge in [-0.1, -0.05) is 0 Å². The van der Waals surface area contributed by atoms with Gasteiger partial charge in [-0.25, -0.2) is 0 Å². The zero-order chi connectivity index (χ0) is 12.2. The number of thioether (sulfide) groups is 1. The molecule has 1 unspecified atom stereocenters. The Bertz CT molecular complexity index is 212. The molecule has 0 aliphatic heterocycles. The van der Waals surface area contributed by atoms with Gasteiger partial charge in [0.15, 0.2) is 0 Å². The van der Waals surface area contributed by atoms with Crippen LogP contribution in [0.1, 0.15) is 33.6 Å². The molecule has 1 saturated carbocycles. The molecule has 0 heterocycles. The van der Waals surface area contributed by atoms with E-state index >= 15 is 0 Å². The summed E-state index contributed by atoms with van der Waals surface area (Å²) in [4.78, 5) is 0. The highest BCUT2D eigenvalue weighted by molar-refractivity contribution is 8.00. The average Bonchev–Trinajstić information content (AvgIpc) is 2.95. The lowest BCUT2D eigenvalue weighted by Crippen LogP contribution is -2.36. The molecule has 0 saturated heterocycles. The Labute approximate surface area is 103 Å². The van der Waals surface area contributed by atoms with Gasteiger partial charge in [0.05, 0.1) is 18.3 Å². The van der Waals surface area contributed by atoms with Crippen molar-refractivity contribution in [3.8, 4) is 0 Å². The normalized spacial score (nSPS) is 20.8.